The van der Waals surface area contributed by atoms with Crippen molar-refractivity contribution in [3.8, 4) is 0 Å². The van der Waals surface area contributed by atoms with E-state index < -0.39 is 0 Å². The molecule has 0 aromatic heterocycles. The van der Waals surface area contributed by atoms with Crippen molar-refractivity contribution in [1.82, 2.24) is 10.2 Å². The van der Waals surface area contributed by atoms with Crippen LogP contribution in [-0.4, -0.2) is 44.3 Å². The van der Waals surface area contributed by atoms with Crippen LogP contribution in [0.15, 0.2) is 24.3 Å². The number of fused-ring (bicyclic) bond motifs is 1. The lowest BCUT2D eigenvalue weighted by atomic mass is 9.85. The molecule has 3 heteroatoms. The molecule has 1 aromatic rings. The van der Waals surface area contributed by atoms with Crippen LogP contribution in [0.1, 0.15) is 24.5 Å². The van der Waals surface area contributed by atoms with Gasteiger partial charge in [0.15, 0.2) is 0 Å². The van der Waals surface area contributed by atoms with Crippen LogP contribution in [0.25, 0.3) is 0 Å². The Labute approximate surface area is 122 Å². The fourth-order valence-electron chi connectivity index (χ4n) is 3.52. The summed E-state index contributed by atoms with van der Waals surface area (Å²) < 4.78 is 5.70. The smallest absolute Gasteiger partial charge is 0.0547 e. The third-order valence-electron chi connectivity index (χ3n) is 4.70. The molecule has 0 radical (unpaired) electrons. The van der Waals surface area contributed by atoms with E-state index in [4.69, 9.17) is 4.74 Å². The molecular weight excluding hydrogens is 248 g/mol. The van der Waals surface area contributed by atoms with Crippen molar-refractivity contribution >= 4 is 0 Å². The Morgan fingerprint density at radius 3 is 2.90 bits per heavy atom. The first kappa shape index (κ1) is 14.1. The van der Waals surface area contributed by atoms with Crippen LogP contribution in [0, 0.1) is 5.41 Å². The minimum atomic E-state index is 0.322. The fourth-order valence-corrected chi connectivity index (χ4v) is 3.52. The molecule has 0 spiro atoms. The van der Waals surface area contributed by atoms with Crippen LogP contribution in [0.2, 0.25) is 0 Å². The van der Waals surface area contributed by atoms with Gasteiger partial charge in [0.2, 0.25) is 0 Å². The quantitative estimate of drug-likeness (QED) is 0.889. The monoisotopic (exact) mass is 274 g/mol. The molecule has 3 nitrogen and oxygen atoms in total. The first-order valence-corrected chi connectivity index (χ1v) is 7.89. The summed E-state index contributed by atoms with van der Waals surface area (Å²) in [5.74, 6) is 0. The number of rotatable bonds is 5. The Morgan fingerprint density at radius 1 is 1.30 bits per heavy atom. The Balaban J connectivity index is 1.65. The molecule has 110 valence electrons. The minimum absolute atomic E-state index is 0.322. The molecule has 2 heterocycles. The third-order valence-corrected chi connectivity index (χ3v) is 4.70. The van der Waals surface area contributed by atoms with E-state index in [-0.39, 0.29) is 0 Å². The molecule has 0 saturated carbocycles. The van der Waals surface area contributed by atoms with Crippen molar-refractivity contribution in [2.75, 3.05) is 39.4 Å². The molecule has 1 atom stereocenters. The summed E-state index contributed by atoms with van der Waals surface area (Å²) in [6, 6.07) is 8.88. The highest BCUT2D eigenvalue weighted by Gasteiger charge is 2.36. The van der Waals surface area contributed by atoms with E-state index in [2.05, 4.69) is 41.4 Å². The molecule has 2 aliphatic rings. The highest BCUT2D eigenvalue weighted by molar-refractivity contribution is 5.29. The largest absolute Gasteiger partial charge is 0.381 e. The van der Waals surface area contributed by atoms with Gasteiger partial charge in [-0.15, -0.1) is 0 Å². The molecule has 1 fully saturated rings. The number of hydrogen-bond donors (Lipinski definition) is 1. The lowest BCUT2D eigenvalue weighted by Gasteiger charge is -2.37. The summed E-state index contributed by atoms with van der Waals surface area (Å²) in [6.07, 6.45) is 2.38. The van der Waals surface area contributed by atoms with Crippen molar-refractivity contribution in [3.63, 3.8) is 0 Å². The van der Waals surface area contributed by atoms with Crippen LogP contribution >= 0.6 is 0 Å². The predicted octanol–water partition coefficient (Wildman–Crippen LogP) is 2.06. The first-order chi connectivity index (χ1) is 9.81. The molecule has 1 unspecified atom stereocenters. The molecule has 3 rings (SSSR count). The van der Waals surface area contributed by atoms with Crippen LogP contribution in [0.3, 0.4) is 0 Å². The number of ether oxygens (including phenoxy) is 1. The Kier molecular flexibility index (Phi) is 4.39. The normalized spacial score (nSPS) is 26.6. The van der Waals surface area contributed by atoms with Gasteiger partial charge in [-0.25, -0.2) is 0 Å². The minimum Gasteiger partial charge on any atom is -0.381 e. The summed E-state index contributed by atoms with van der Waals surface area (Å²) >= 11 is 0. The van der Waals surface area contributed by atoms with E-state index in [9.17, 15) is 0 Å². The van der Waals surface area contributed by atoms with E-state index in [1.54, 1.807) is 0 Å². The standard InChI is InChI=1S/C17H26N2O/c1-2-18-12-17(8-10-20-14-17)13-19-9-7-15-5-3-4-6-16(15)11-19/h3-6,18H,2,7-14H2,1H3. The Hall–Kier alpha value is -0.900. The van der Waals surface area contributed by atoms with Gasteiger partial charge in [0.25, 0.3) is 0 Å². The van der Waals surface area contributed by atoms with Crippen LogP contribution in [0.5, 0.6) is 0 Å². The van der Waals surface area contributed by atoms with E-state index >= 15 is 0 Å². The van der Waals surface area contributed by atoms with Crippen molar-refractivity contribution < 1.29 is 4.74 Å². The molecular formula is C17H26N2O. The number of nitrogens with one attached hydrogen (secondary N) is 1. The topological polar surface area (TPSA) is 24.5 Å². The SMILES string of the molecule is CCNCC1(CN2CCc3ccccc3C2)CCOC1. The van der Waals surface area contributed by atoms with Crippen LogP contribution in [0.4, 0.5) is 0 Å². The van der Waals surface area contributed by atoms with E-state index in [1.807, 2.05) is 0 Å². The lowest BCUT2D eigenvalue weighted by Crippen LogP contribution is -2.46. The number of hydrogen-bond acceptors (Lipinski definition) is 3. The molecule has 1 N–H and O–H groups in total. The highest BCUT2D eigenvalue weighted by Crippen LogP contribution is 2.31. The van der Waals surface area contributed by atoms with Crippen molar-refractivity contribution in [2.45, 2.75) is 26.3 Å². The van der Waals surface area contributed by atoms with E-state index in [1.165, 1.54) is 30.5 Å². The zero-order valence-corrected chi connectivity index (χ0v) is 12.5. The summed E-state index contributed by atoms with van der Waals surface area (Å²) in [5, 5.41) is 3.53. The second kappa shape index (κ2) is 6.25. The third kappa shape index (κ3) is 3.05. The average Bonchev–Trinajstić information content (AvgIpc) is 2.94. The summed E-state index contributed by atoms with van der Waals surface area (Å²) in [7, 11) is 0. The molecule has 0 amide bonds. The number of nitrogens with zero attached hydrogens (tertiary/aromatic N) is 1. The van der Waals surface area contributed by atoms with Crippen molar-refractivity contribution in [3.05, 3.63) is 35.4 Å². The van der Waals surface area contributed by atoms with Gasteiger partial charge in [-0.05, 0) is 30.5 Å². The maximum absolute atomic E-state index is 5.70. The second-order valence-electron chi connectivity index (χ2n) is 6.31. The highest BCUT2D eigenvalue weighted by atomic mass is 16.5. The van der Waals surface area contributed by atoms with Gasteiger partial charge in [0.1, 0.15) is 0 Å². The molecule has 1 saturated heterocycles. The van der Waals surface area contributed by atoms with E-state index in [0.717, 1.165) is 39.4 Å². The average molecular weight is 274 g/mol. The Morgan fingerprint density at radius 2 is 2.15 bits per heavy atom. The first-order valence-electron chi connectivity index (χ1n) is 7.89. The molecule has 20 heavy (non-hydrogen) atoms. The molecule has 2 aliphatic heterocycles. The Bertz CT molecular complexity index is 440. The maximum Gasteiger partial charge on any atom is 0.0547 e. The molecule has 1 aromatic carbocycles. The van der Waals surface area contributed by atoms with Crippen molar-refractivity contribution in [1.29, 1.82) is 0 Å². The molecule has 0 bridgehead atoms. The molecule has 0 aliphatic carbocycles. The fraction of sp³-hybridized carbons (Fsp3) is 0.647. The lowest BCUT2D eigenvalue weighted by molar-refractivity contribution is 0.102. The van der Waals surface area contributed by atoms with E-state index in [0.29, 0.717) is 5.41 Å². The van der Waals surface area contributed by atoms with Gasteiger partial charge in [0.05, 0.1) is 6.61 Å². The maximum atomic E-state index is 5.70. The summed E-state index contributed by atoms with van der Waals surface area (Å²) in [6.45, 7) is 9.60. The van der Waals surface area contributed by atoms with Gasteiger partial charge in [0, 0.05) is 38.2 Å². The van der Waals surface area contributed by atoms with Gasteiger partial charge >= 0.3 is 0 Å². The van der Waals surface area contributed by atoms with Crippen molar-refractivity contribution in [2.24, 2.45) is 5.41 Å². The predicted molar refractivity (Wildman–Crippen MR) is 81.8 cm³/mol. The van der Waals surface area contributed by atoms with Crippen LogP contribution < -0.4 is 5.32 Å². The zero-order chi connectivity index (χ0) is 13.8. The van der Waals surface area contributed by atoms with Gasteiger partial charge < -0.3 is 10.1 Å². The van der Waals surface area contributed by atoms with Gasteiger partial charge in [-0.2, -0.15) is 0 Å². The second-order valence-corrected chi connectivity index (χ2v) is 6.31. The van der Waals surface area contributed by atoms with Crippen LogP contribution in [-0.2, 0) is 17.7 Å². The summed E-state index contributed by atoms with van der Waals surface area (Å²) in [4.78, 5) is 2.62. The van der Waals surface area contributed by atoms with Gasteiger partial charge in [-0.1, -0.05) is 31.2 Å². The zero-order valence-electron chi connectivity index (χ0n) is 12.5. The van der Waals surface area contributed by atoms with Gasteiger partial charge in [-0.3, -0.25) is 4.90 Å². The number of benzene rings is 1. The summed E-state index contributed by atoms with van der Waals surface area (Å²) in [5.41, 5.74) is 3.37.